The number of piperidine rings is 1. The first-order valence-electron chi connectivity index (χ1n) is 14.2. The lowest BCUT2D eigenvalue weighted by molar-refractivity contribution is 0.0240. The van der Waals surface area contributed by atoms with Crippen LogP contribution in [0.25, 0.3) is 0 Å². The fraction of sp³-hybridized carbons (Fsp3) is 0.552. The van der Waals surface area contributed by atoms with E-state index in [0.717, 1.165) is 43.9 Å². The Balaban J connectivity index is 1.22. The summed E-state index contributed by atoms with van der Waals surface area (Å²) in [7, 11) is 1.84. The van der Waals surface area contributed by atoms with Crippen LogP contribution in [0.15, 0.2) is 30.5 Å². The van der Waals surface area contributed by atoms with Crippen LogP contribution in [0.4, 0.5) is 32.6 Å². The summed E-state index contributed by atoms with van der Waals surface area (Å²) >= 11 is 0. The van der Waals surface area contributed by atoms with E-state index in [1.54, 1.807) is 16.0 Å². The highest BCUT2D eigenvalue weighted by molar-refractivity contribution is 5.76. The Labute approximate surface area is 241 Å². The van der Waals surface area contributed by atoms with Gasteiger partial charge in [0.15, 0.2) is 11.5 Å². The van der Waals surface area contributed by atoms with Crippen LogP contribution in [-0.4, -0.2) is 108 Å². The first-order valence-corrected chi connectivity index (χ1v) is 14.2. The molecule has 3 saturated heterocycles. The number of amides is 3. The van der Waals surface area contributed by atoms with Crippen LogP contribution in [0.5, 0.6) is 0 Å². The van der Waals surface area contributed by atoms with Gasteiger partial charge in [-0.05, 0) is 57.9 Å². The molecule has 218 valence electrons. The van der Waals surface area contributed by atoms with Gasteiger partial charge >= 0.3 is 12.1 Å². The molecule has 4 heterocycles. The van der Waals surface area contributed by atoms with Crippen molar-refractivity contribution in [2.75, 3.05) is 74.5 Å². The van der Waals surface area contributed by atoms with Gasteiger partial charge in [-0.15, -0.1) is 0 Å². The summed E-state index contributed by atoms with van der Waals surface area (Å²) in [5, 5.41) is 12.9. The molecule has 12 nitrogen and oxygen atoms in total. The standard InChI is InChI=1S/C29H39N9O3/c1-29(2,3)41-28(40)36-15-13-35(14-16-36)22-9-7-21(8-10-22)32-26-24(18-30)31-19-25(33-26)37-11-5-6-23(20-37)38-17-12-34(4)27(38)39/h7-10,19,23H,5-6,11-17,20H2,1-4H3,(H,32,33)/t23-/m1/s1. The molecule has 3 fully saturated rings. The lowest BCUT2D eigenvalue weighted by Crippen LogP contribution is -2.50. The Morgan fingerprint density at radius 3 is 2.41 bits per heavy atom. The van der Waals surface area contributed by atoms with Gasteiger partial charge in [-0.2, -0.15) is 5.26 Å². The SMILES string of the molecule is CN1CCN([C@@H]2CCCN(c3cnc(C#N)c(Nc4ccc(N5CCN(C(=O)OC(C)(C)C)CC5)cc4)n3)C2)C1=O. The smallest absolute Gasteiger partial charge is 0.410 e. The van der Waals surface area contributed by atoms with Crippen molar-refractivity contribution in [1.29, 1.82) is 5.26 Å². The number of rotatable bonds is 5. The summed E-state index contributed by atoms with van der Waals surface area (Å²) in [4.78, 5) is 43.9. The minimum absolute atomic E-state index is 0.0819. The number of nitrogens with one attached hydrogen (secondary N) is 1. The number of ether oxygens (including phenoxy) is 1. The van der Waals surface area contributed by atoms with E-state index in [9.17, 15) is 14.9 Å². The second-order valence-corrected chi connectivity index (χ2v) is 11.8. The first kappa shape index (κ1) is 28.3. The molecule has 1 aromatic heterocycles. The second kappa shape index (κ2) is 11.7. The number of nitrogens with zero attached hydrogens (tertiary/aromatic N) is 8. The molecule has 12 heteroatoms. The maximum absolute atomic E-state index is 12.5. The highest BCUT2D eigenvalue weighted by Crippen LogP contribution is 2.27. The van der Waals surface area contributed by atoms with E-state index in [1.165, 1.54) is 0 Å². The molecule has 5 rings (SSSR count). The highest BCUT2D eigenvalue weighted by atomic mass is 16.6. The molecule has 0 spiro atoms. The lowest BCUT2D eigenvalue weighted by atomic mass is 10.0. The number of nitriles is 1. The average Bonchev–Trinajstić information content (AvgIpc) is 3.30. The van der Waals surface area contributed by atoms with E-state index < -0.39 is 5.60 Å². The molecule has 0 unspecified atom stereocenters. The van der Waals surface area contributed by atoms with Gasteiger partial charge in [0.25, 0.3) is 0 Å². The Bertz CT molecular complexity index is 1300. The minimum Gasteiger partial charge on any atom is -0.444 e. The molecule has 0 radical (unpaired) electrons. The quantitative estimate of drug-likeness (QED) is 0.585. The topological polar surface area (TPSA) is 121 Å². The monoisotopic (exact) mass is 561 g/mol. The van der Waals surface area contributed by atoms with Gasteiger partial charge in [-0.25, -0.2) is 19.6 Å². The number of anilines is 4. The first-order chi connectivity index (χ1) is 19.6. The van der Waals surface area contributed by atoms with Gasteiger partial charge in [-0.3, -0.25) is 0 Å². The molecule has 1 N–H and O–H groups in total. The molecule has 3 amide bonds. The van der Waals surface area contributed by atoms with Crippen LogP contribution < -0.4 is 15.1 Å². The number of carbonyl (C=O) groups is 2. The fourth-order valence-corrected chi connectivity index (χ4v) is 5.49. The maximum Gasteiger partial charge on any atom is 0.410 e. The third kappa shape index (κ3) is 6.56. The van der Waals surface area contributed by atoms with Crippen molar-refractivity contribution < 1.29 is 14.3 Å². The summed E-state index contributed by atoms with van der Waals surface area (Å²) in [5.74, 6) is 1.10. The lowest BCUT2D eigenvalue weighted by Gasteiger charge is -2.37. The molecule has 0 bridgehead atoms. The molecular weight excluding hydrogens is 522 g/mol. The van der Waals surface area contributed by atoms with E-state index in [1.807, 2.05) is 57.0 Å². The minimum atomic E-state index is -0.506. The molecule has 0 aliphatic carbocycles. The summed E-state index contributed by atoms with van der Waals surface area (Å²) < 4.78 is 5.50. The van der Waals surface area contributed by atoms with Crippen molar-refractivity contribution >= 4 is 35.1 Å². The summed E-state index contributed by atoms with van der Waals surface area (Å²) in [6.45, 7) is 11.3. The molecule has 1 atom stereocenters. The van der Waals surface area contributed by atoms with Crippen LogP contribution in [-0.2, 0) is 4.74 Å². The van der Waals surface area contributed by atoms with E-state index >= 15 is 0 Å². The predicted molar refractivity (Wildman–Crippen MR) is 156 cm³/mol. The molecule has 0 saturated carbocycles. The van der Waals surface area contributed by atoms with Crippen molar-refractivity contribution in [3.63, 3.8) is 0 Å². The molecule has 41 heavy (non-hydrogen) atoms. The van der Waals surface area contributed by atoms with E-state index in [0.29, 0.717) is 44.4 Å². The highest BCUT2D eigenvalue weighted by Gasteiger charge is 2.34. The number of hydrogen-bond acceptors (Lipinski definition) is 9. The van der Waals surface area contributed by atoms with Gasteiger partial charge in [-0.1, -0.05) is 0 Å². The van der Waals surface area contributed by atoms with Crippen molar-refractivity contribution in [2.24, 2.45) is 0 Å². The number of benzene rings is 1. The Morgan fingerprint density at radius 1 is 1.05 bits per heavy atom. The molecule has 1 aromatic carbocycles. The van der Waals surface area contributed by atoms with Crippen LogP contribution >= 0.6 is 0 Å². The number of urea groups is 1. The number of carbonyl (C=O) groups excluding carboxylic acids is 2. The van der Waals surface area contributed by atoms with Gasteiger partial charge in [0.05, 0.1) is 12.2 Å². The van der Waals surface area contributed by atoms with Gasteiger partial charge < -0.3 is 34.6 Å². The van der Waals surface area contributed by atoms with E-state index in [-0.39, 0.29) is 23.9 Å². The largest absolute Gasteiger partial charge is 0.444 e. The molecule has 3 aliphatic rings. The van der Waals surface area contributed by atoms with Crippen molar-refractivity contribution in [3.05, 3.63) is 36.2 Å². The zero-order valence-corrected chi connectivity index (χ0v) is 24.3. The summed E-state index contributed by atoms with van der Waals surface area (Å²) in [6, 6.07) is 10.3. The normalized spacial score (nSPS) is 19.8. The number of piperazine rings is 1. The maximum atomic E-state index is 12.5. The molecule has 3 aliphatic heterocycles. The average molecular weight is 562 g/mol. The van der Waals surface area contributed by atoms with Crippen molar-refractivity contribution in [3.8, 4) is 6.07 Å². The number of hydrogen-bond donors (Lipinski definition) is 1. The van der Waals surface area contributed by atoms with Crippen molar-refractivity contribution in [2.45, 2.75) is 45.3 Å². The second-order valence-electron chi connectivity index (χ2n) is 11.8. The van der Waals surface area contributed by atoms with Gasteiger partial charge in [0.2, 0.25) is 0 Å². The third-order valence-corrected chi connectivity index (χ3v) is 7.70. The van der Waals surface area contributed by atoms with Gasteiger partial charge in [0.1, 0.15) is 17.5 Å². The summed E-state index contributed by atoms with van der Waals surface area (Å²) in [5.41, 5.74) is 1.57. The Kier molecular flexibility index (Phi) is 8.06. The van der Waals surface area contributed by atoms with E-state index in [2.05, 4.69) is 26.2 Å². The Hall–Kier alpha value is -4.27. The Morgan fingerprint density at radius 2 is 1.78 bits per heavy atom. The van der Waals surface area contributed by atoms with Crippen LogP contribution in [0, 0.1) is 11.3 Å². The van der Waals surface area contributed by atoms with E-state index in [4.69, 9.17) is 9.72 Å². The summed E-state index contributed by atoms with van der Waals surface area (Å²) in [6.07, 6.45) is 3.29. The predicted octanol–water partition coefficient (Wildman–Crippen LogP) is 3.49. The fourth-order valence-electron chi connectivity index (χ4n) is 5.49. The van der Waals surface area contributed by atoms with Crippen molar-refractivity contribution in [1.82, 2.24) is 24.7 Å². The zero-order valence-electron chi connectivity index (χ0n) is 24.3. The number of likely N-dealkylation sites (N-methyl/N-ethyl adjacent to an activating group) is 1. The molecule has 2 aromatic rings. The van der Waals surface area contributed by atoms with Crippen LogP contribution in [0.1, 0.15) is 39.3 Å². The zero-order chi connectivity index (χ0) is 29.1. The van der Waals surface area contributed by atoms with Crippen LogP contribution in [0.3, 0.4) is 0 Å². The number of aromatic nitrogens is 2. The van der Waals surface area contributed by atoms with Gasteiger partial charge in [0, 0.05) is 70.8 Å². The molecular formula is C29H39N9O3. The third-order valence-electron chi connectivity index (χ3n) is 7.70. The van der Waals surface area contributed by atoms with Crippen LogP contribution in [0.2, 0.25) is 0 Å².